The third-order valence-corrected chi connectivity index (χ3v) is 3.16. The molecule has 110 valence electrons. The van der Waals surface area contributed by atoms with Gasteiger partial charge in [-0.3, -0.25) is 10.1 Å². The molecule has 1 N–H and O–H groups in total. The largest absolute Gasteiger partial charge is 0.497 e. The predicted molar refractivity (Wildman–Crippen MR) is 80.8 cm³/mol. The zero-order valence-electron chi connectivity index (χ0n) is 12.0. The van der Waals surface area contributed by atoms with E-state index in [0.29, 0.717) is 17.9 Å². The van der Waals surface area contributed by atoms with Crippen LogP contribution in [0.25, 0.3) is 0 Å². The van der Waals surface area contributed by atoms with E-state index in [1.165, 1.54) is 11.8 Å². The molecule has 1 aromatic carbocycles. The molecule has 0 aliphatic heterocycles. The average molecular weight is 287 g/mol. The summed E-state index contributed by atoms with van der Waals surface area (Å²) in [5, 5.41) is 13.9. The lowest BCUT2D eigenvalue weighted by Gasteiger charge is -2.07. The van der Waals surface area contributed by atoms with Gasteiger partial charge in [-0.05, 0) is 37.1 Å². The molecule has 1 aromatic heterocycles. The predicted octanol–water partition coefficient (Wildman–Crippen LogP) is 2.96. The average Bonchev–Trinajstić information content (AvgIpc) is 2.47. The molecule has 21 heavy (non-hydrogen) atoms. The lowest BCUT2D eigenvalue weighted by atomic mass is 10.1. The van der Waals surface area contributed by atoms with Crippen molar-refractivity contribution in [1.82, 2.24) is 4.98 Å². The third kappa shape index (κ3) is 3.92. The first kappa shape index (κ1) is 14.8. The van der Waals surface area contributed by atoms with Gasteiger partial charge < -0.3 is 10.1 Å². The van der Waals surface area contributed by atoms with Crippen LogP contribution in [0.5, 0.6) is 5.75 Å². The van der Waals surface area contributed by atoms with Crippen LogP contribution >= 0.6 is 0 Å². The van der Waals surface area contributed by atoms with Crippen LogP contribution in [0, 0.1) is 17.0 Å². The Hall–Kier alpha value is -2.63. The van der Waals surface area contributed by atoms with E-state index in [1.54, 1.807) is 20.1 Å². The van der Waals surface area contributed by atoms with E-state index in [0.717, 1.165) is 12.2 Å². The van der Waals surface area contributed by atoms with Gasteiger partial charge in [0.2, 0.25) is 0 Å². The first-order chi connectivity index (χ1) is 10.1. The number of benzene rings is 1. The topological polar surface area (TPSA) is 77.3 Å². The van der Waals surface area contributed by atoms with Crippen LogP contribution in [0.2, 0.25) is 0 Å². The number of rotatable bonds is 6. The minimum absolute atomic E-state index is 0.0377. The molecule has 1 heterocycles. The number of nitrogens with one attached hydrogen (secondary N) is 1. The number of hydrogen-bond acceptors (Lipinski definition) is 5. The molecule has 0 fully saturated rings. The first-order valence-electron chi connectivity index (χ1n) is 6.58. The number of nitro groups is 1. The van der Waals surface area contributed by atoms with Crippen molar-refractivity contribution in [1.29, 1.82) is 0 Å². The Kier molecular flexibility index (Phi) is 4.71. The van der Waals surface area contributed by atoms with Crippen molar-refractivity contribution in [3.63, 3.8) is 0 Å². The van der Waals surface area contributed by atoms with E-state index < -0.39 is 4.92 Å². The van der Waals surface area contributed by atoms with Gasteiger partial charge in [-0.1, -0.05) is 12.1 Å². The highest BCUT2D eigenvalue weighted by atomic mass is 16.6. The Morgan fingerprint density at radius 3 is 2.62 bits per heavy atom. The molecule has 0 aliphatic rings. The Balaban J connectivity index is 1.91. The molecule has 2 aromatic rings. The molecule has 6 nitrogen and oxygen atoms in total. The molecular formula is C15H17N3O3. The molecule has 2 rings (SSSR count). The highest BCUT2D eigenvalue weighted by Gasteiger charge is 2.10. The van der Waals surface area contributed by atoms with Crippen LogP contribution in [0.3, 0.4) is 0 Å². The molecule has 0 bridgehead atoms. The van der Waals surface area contributed by atoms with Crippen LogP contribution < -0.4 is 10.1 Å². The van der Waals surface area contributed by atoms with Gasteiger partial charge in [-0.25, -0.2) is 4.98 Å². The quantitative estimate of drug-likeness (QED) is 0.653. The third-order valence-electron chi connectivity index (χ3n) is 3.16. The standard InChI is InChI=1S/C15H17N3O3/c1-11-9-15(17-10-14(11)18(19)20)16-8-7-12-3-5-13(21-2)6-4-12/h3-6,9-10H,7-8H2,1-2H3,(H,16,17). The molecule has 6 heteroatoms. The van der Waals surface area contributed by atoms with Crippen molar-refractivity contribution in [2.45, 2.75) is 13.3 Å². The number of aryl methyl sites for hydroxylation is 1. The van der Waals surface area contributed by atoms with Gasteiger partial charge in [0.1, 0.15) is 17.8 Å². The van der Waals surface area contributed by atoms with Crippen LogP contribution in [0.4, 0.5) is 11.5 Å². The van der Waals surface area contributed by atoms with Crippen molar-refractivity contribution >= 4 is 11.5 Å². The summed E-state index contributed by atoms with van der Waals surface area (Å²) in [6.45, 7) is 2.41. The Morgan fingerprint density at radius 2 is 2.05 bits per heavy atom. The van der Waals surface area contributed by atoms with Crippen LogP contribution in [-0.2, 0) is 6.42 Å². The monoisotopic (exact) mass is 287 g/mol. The van der Waals surface area contributed by atoms with Gasteiger partial charge in [-0.15, -0.1) is 0 Å². The van der Waals surface area contributed by atoms with E-state index in [4.69, 9.17) is 4.74 Å². The summed E-state index contributed by atoms with van der Waals surface area (Å²) in [4.78, 5) is 14.3. The van der Waals surface area contributed by atoms with E-state index >= 15 is 0 Å². The maximum atomic E-state index is 10.7. The summed E-state index contributed by atoms with van der Waals surface area (Å²) < 4.78 is 5.11. The van der Waals surface area contributed by atoms with E-state index in [9.17, 15) is 10.1 Å². The maximum absolute atomic E-state index is 10.7. The van der Waals surface area contributed by atoms with Gasteiger partial charge in [0.15, 0.2) is 0 Å². The summed E-state index contributed by atoms with van der Waals surface area (Å²) in [6, 6.07) is 9.55. The normalized spacial score (nSPS) is 10.2. The summed E-state index contributed by atoms with van der Waals surface area (Å²) in [5.41, 5.74) is 1.82. The SMILES string of the molecule is COc1ccc(CCNc2cc(C)c([N+](=O)[O-])cn2)cc1. The number of pyridine rings is 1. The molecule has 0 atom stereocenters. The van der Waals surface area contributed by atoms with Crippen molar-refractivity contribution in [3.05, 3.63) is 57.8 Å². The smallest absolute Gasteiger partial charge is 0.290 e. The van der Waals surface area contributed by atoms with Crippen LogP contribution in [0.1, 0.15) is 11.1 Å². The zero-order valence-corrected chi connectivity index (χ0v) is 12.0. The van der Waals surface area contributed by atoms with Crippen molar-refractivity contribution in [2.75, 3.05) is 19.0 Å². The minimum Gasteiger partial charge on any atom is -0.497 e. The molecule has 0 saturated heterocycles. The number of anilines is 1. The number of nitrogens with zero attached hydrogens (tertiary/aromatic N) is 2. The zero-order chi connectivity index (χ0) is 15.2. The lowest BCUT2D eigenvalue weighted by Crippen LogP contribution is -2.07. The molecular weight excluding hydrogens is 270 g/mol. The second-order valence-electron chi connectivity index (χ2n) is 4.64. The maximum Gasteiger partial charge on any atom is 0.290 e. The summed E-state index contributed by atoms with van der Waals surface area (Å²) in [5.74, 6) is 1.48. The van der Waals surface area contributed by atoms with Crippen molar-refractivity contribution in [3.8, 4) is 5.75 Å². The second-order valence-corrected chi connectivity index (χ2v) is 4.64. The Bertz CT molecular complexity index is 627. The molecule has 0 unspecified atom stereocenters. The molecule has 0 spiro atoms. The summed E-state index contributed by atoms with van der Waals surface area (Å²) in [7, 11) is 1.64. The number of hydrogen-bond donors (Lipinski definition) is 1. The number of aromatic nitrogens is 1. The van der Waals surface area contributed by atoms with Crippen molar-refractivity contribution in [2.24, 2.45) is 0 Å². The second kappa shape index (κ2) is 6.69. The van der Waals surface area contributed by atoms with Crippen LogP contribution in [-0.4, -0.2) is 23.6 Å². The molecule has 0 radical (unpaired) electrons. The van der Waals surface area contributed by atoms with E-state index in [-0.39, 0.29) is 5.69 Å². The molecule has 0 saturated carbocycles. The van der Waals surface area contributed by atoms with Gasteiger partial charge in [-0.2, -0.15) is 0 Å². The molecule has 0 aliphatic carbocycles. The van der Waals surface area contributed by atoms with Crippen LogP contribution in [0.15, 0.2) is 36.5 Å². The van der Waals surface area contributed by atoms with E-state index in [1.807, 2.05) is 24.3 Å². The van der Waals surface area contributed by atoms with Crippen molar-refractivity contribution < 1.29 is 9.66 Å². The van der Waals surface area contributed by atoms with Gasteiger partial charge >= 0.3 is 0 Å². The van der Waals surface area contributed by atoms with Gasteiger partial charge in [0.05, 0.1) is 12.0 Å². The summed E-state index contributed by atoms with van der Waals surface area (Å²) >= 11 is 0. The molecule has 0 amide bonds. The number of ether oxygens (including phenoxy) is 1. The minimum atomic E-state index is -0.427. The fourth-order valence-electron chi connectivity index (χ4n) is 1.96. The Morgan fingerprint density at radius 1 is 1.33 bits per heavy atom. The lowest BCUT2D eigenvalue weighted by molar-refractivity contribution is -0.385. The fourth-order valence-corrected chi connectivity index (χ4v) is 1.96. The van der Waals surface area contributed by atoms with Gasteiger partial charge in [0, 0.05) is 12.1 Å². The number of methoxy groups -OCH3 is 1. The first-order valence-corrected chi connectivity index (χ1v) is 6.58. The Labute approximate surface area is 122 Å². The van der Waals surface area contributed by atoms with E-state index in [2.05, 4.69) is 10.3 Å². The highest BCUT2D eigenvalue weighted by molar-refractivity contribution is 5.46. The highest BCUT2D eigenvalue weighted by Crippen LogP contribution is 2.19. The fraction of sp³-hybridized carbons (Fsp3) is 0.267. The summed E-state index contributed by atoms with van der Waals surface area (Å²) in [6.07, 6.45) is 2.12. The van der Waals surface area contributed by atoms with Gasteiger partial charge in [0.25, 0.3) is 5.69 Å².